The summed E-state index contributed by atoms with van der Waals surface area (Å²) in [6, 6.07) is -1.96. The van der Waals surface area contributed by atoms with Crippen molar-refractivity contribution < 1.29 is 24.6 Å². The smallest absolute Gasteiger partial charge is 0.326 e. The molecule has 0 radical (unpaired) electrons. The van der Waals surface area contributed by atoms with Gasteiger partial charge in [-0.1, -0.05) is 0 Å². The Bertz CT molecular complexity index is 332. The second kappa shape index (κ2) is 8.30. The summed E-state index contributed by atoms with van der Waals surface area (Å²) in [6.07, 6.45) is -0.194. The highest BCUT2D eigenvalue weighted by molar-refractivity contribution is 5.83. The molecule has 0 spiro atoms. The average Bonchev–Trinajstić information content (AvgIpc) is 2.29. The zero-order valence-electron chi connectivity index (χ0n) is 11.1. The maximum atomic E-state index is 11.9. The predicted molar refractivity (Wildman–Crippen MR) is 67.3 cm³/mol. The molecule has 0 aliphatic carbocycles. The Morgan fingerprint density at radius 1 is 1.32 bits per heavy atom. The van der Waals surface area contributed by atoms with Gasteiger partial charge in [0.1, 0.15) is 6.04 Å². The Morgan fingerprint density at radius 3 is 2.26 bits per heavy atom. The lowest BCUT2D eigenvalue weighted by molar-refractivity contribution is -0.139. The molecule has 5 N–H and O–H groups in total. The van der Waals surface area contributed by atoms with Crippen LogP contribution in [0.2, 0.25) is 0 Å². The molecule has 0 aliphatic rings. The van der Waals surface area contributed by atoms with Gasteiger partial charge in [0, 0.05) is 19.0 Å². The van der Waals surface area contributed by atoms with Gasteiger partial charge < -0.3 is 26.2 Å². The van der Waals surface area contributed by atoms with E-state index in [0.29, 0.717) is 0 Å². The number of nitrogens with zero attached hydrogens (tertiary/aromatic N) is 1. The van der Waals surface area contributed by atoms with E-state index in [1.807, 2.05) is 0 Å². The minimum absolute atomic E-state index is 0.0680. The molecular weight excluding hydrogens is 254 g/mol. The van der Waals surface area contributed by atoms with Crippen molar-refractivity contribution in [1.82, 2.24) is 10.2 Å². The van der Waals surface area contributed by atoms with Crippen LogP contribution in [0.15, 0.2) is 0 Å². The number of urea groups is 1. The van der Waals surface area contributed by atoms with Gasteiger partial charge in [0.25, 0.3) is 0 Å². The van der Waals surface area contributed by atoms with Gasteiger partial charge >= 0.3 is 12.0 Å². The first-order valence-corrected chi connectivity index (χ1v) is 5.98. The zero-order valence-corrected chi connectivity index (χ0v) is 11.1. The summed E-state index contributed by atoms with van der Waals surface area (Å²) < 4.78 is 0. The number of carboxylic acid groups (broad SMARTS) is 1. The molecule has 0 aliphatic heterocycles. The summed E-state index contributed by atoms with van der Waals surface area (Å²) in [6.45, 7) is 3.37. The number of aliphatic hydroxyl groups is 1. The molecule has 1 atom stereocenters. The van der Waals surface area contributed by atoms with Crippen LogP contribution >= 0.6 is 0 Å². The summed E-state index contributed by atoms with van der Waals surface area (Å²) >= 11 is 0. The molecule has 3 amide bonds. The number of aliphatic hydroxyl groups excluding tert-OH is 1. The second-order valence-corrected chi connectivity index (χ2v) is 4.36. The summed E-state index contributed by atoms with van der Waals surface area (Å²) in [7, 11) is 0. The second-order valence-electron chi connectivity index (χ2n) is 4.36. The Labute approximate surface area is 111 Å². The van der Waals surface area contributed by atoms with Crippen molar-refractivity contribution in [2.24, 2.45) is 5.73 Å². The van der Waals surface area contributed by atoms with Crippen molar-refractivity contribution in [2.75, 3.05) is 13.2 Å². The number of nitrogens with two attached hydrogens (primary N) is 1. The molecule has 0 aromatic carbocycles. The first-order valence-electron chi connectivity index (χ1n) is 5.98. The normalized spacial score (nSPS) is 12.0. The van der Waals surface area contributed by atoms with E-state index in [9.17, 15) is 14.4 Å². The maximum Gasteiger partial charge on any atom is 0.326 e. The van der Waals surface area contributed by atoms with Crippen LogP contribution in [-0.4, -0.2) is 58.3 Å². The van der Waals surface area contributed by atoms with Crippen LogP contribution in [0.25, 0.3) is 0 Å². The number of hydrogen-bond donors (Lipinski definition) is 4. The van der Waals surface area contributed by atoms with E-state index in [-0.39, 0.29) is 32.0 Å². The van der Waals surface area contributed by atoms with Crippen molar-refractivity contribution in [1.29, 1.82) is 0 Å². The lowest BCUT2D eigenvalue weighted by Crippen LogP contribution is -2.51. The minimum atomic E-state index is -1.23. The number of aliphatic carboxylic acids is 1. The third kappa shape index (κ3) is 6.61. The molecule has 0 aromatic heterocycles. The Kier molecular flexibility index (Phi) is 7.50. The molecule has 0 saturated heterocycles. The van der Waals surface area contributed by atoms with E-state index in [1.54, 1.807) is 13.8 Å². The standard InChI is InChI=1S/C11H21N3O5/c1-7(2)14(5-6-15)11(19)13-8(10(17)18)3-4-9(12)16/h7-8,15H,3-6H2,1-2H3,(H2,12,16)(H,13,19)(H,17,18)/t8-/m1/s1. The monoisotopic (exact) mass is 275 g/mol. The van der Waals surface area contributed by atoms with Gasteiger partial charge in [-0.05, 0) is 20.3 Å². The summed E-state index contributed by atoms with van der Waals surface area (Å²) in [5.74, 6) is -1.86. The average molecular weight is 275 g/mol. The van der Waals surface area contributed by atoms with Crippen LogP contribution in [0.1, 0.15) is 26.7 Å². The quantitative estimate of drug-likeness (QED) is 0.456. The van der Waals surface area contributed by atoms with Gasteiger partial charge in [-0.2, -0.15) is 0 Å². The molecule has 19 heavy (non-hydrogen) atoms. The molecule has 8 heteroatoms. The van der Waals surface area contributed by atoms with E-state index in [0.717, 1.165) is 0 Å². The lowest BCUT2D eigenvalue weighted by atomic mass is 10.1. The van der Waals surface area contributed by atoms with Crippen molar-refractivity contribution in [3.63, 3.8) is 0 Å². The van der Waals surface area contributed by atoms with E-state index in [1.165, 1.54) is 4.90 Å². The fourth-order valence-electron chi connectivity index (χ4n) is 1.48. The van der Waals surface area contributed by atoms with Crippen molar-refractivity contribution in [3.05, 3.63) is 0 Å². The maximum absolute atomic E-state index is 11.9. The number of nitrogens with one attached hydrogen (secondary N) is 1. The van der Waals surface area contributed by atoms with Crippen LogP contribution in [-0.2, 0) is 9.59 Å². The number of primary amides is 1. The van der Waals surface area contributed by atoms with Crippen molar-refractivity contribution in [3.8, 4) is 0 Å². The summed E-state index contributed by atoms with van der Waals surface area (Å²) in [5.41, 5.74) is 4.94. The molecule has 8 nitrogen and oxygen atoms in total. The molecule has 0 aromatic rings. The third-order valence-electron chi connectivity index (χ3n) is 2.50. The first-order chi connectivity index (χ1) is 8.79. The highest BCUT2D eigenvalue weighted by Gasteiger charge is 2.24. The summed E-state index contributed by atoms with van der Waals surface area (Å²) in [5, 5.41) is 20.1. The molecule has 0 fully saturated rings. The molecule has 0 rings (SSSR count). The Morgan fingerprint density at radius 2 is 1.89 bits per heavy atom. The number of carbonyl (C=O) groups excluding carboxylic acids is 2. The molecule has 0 saturated carbocycles. The van der Waals surface area contributed by atoms with Gasteiger partial charge in [-0.25, -0.2) is 9.59 Å². The third-order valence-corrected chi connectivity index (χ3v) is 2.50. The topological polar surface area (TPSA) is 133 Å². The lowest BCUT2D eigenvalue weighted by Gasteiger charge is -2.27. The molecule has 110 valence electrons. The zero-order chi connectivity index (χ0) is 15.0. The molecule has 0 unspecified atom stereocenters. The van der Waals surface area contributed by atoms with Crippen LogP contribution < -0.4 is 11.1 Å². The van der Waals surface area contributed by atoms with Gasteiger partial charge in [-0.3, -0.25) is 4.79 Å². The van der Waals surface area contributed by atoms with Gasteiger partial charge in [-0.15, -0.1) is 0 Å². The number of carbonyl (C=O) groups is 3. The first kappa shape index (κ1) is 17.2. The molecule has 0 heterocycles. The molecule has 0 bridgehead atoms. The predicted octanol–water partition coefficient (Wildman–Crippen LogP) is -0.883. The van der Waals surface area contributed by atoms with Crippen LogP contribution in [0.4, 0.5) is 4.79 Å². The number of carboxylic acids is 1. The van der Waals surface area contributed by atoms with Gasteiger partial charge in [0.05, 0.1) is 6.61 Å². The van der Waals surface area contributed by atoms with E-state index in [4.69, 9.17) is 15.9 Å². The SMILES string of the molecule is CC(C)N(CCO)C(=O)N[C@H](CCC(N)=O)C(=O)O. The van der Waals surface area contributed by atoms with E-state index >= 15 is 0 Å². The number of amides is 3. The van der Waals surface area contributed by atoms with Gasteiger partial charge in [0.15, 0.2) is 0 Å². The van der Waals surface area contributed by atoms with Crippen LogP contribution in [0.5, 0.6) is 0 Å². The van der Waals surface area contributed by atoms with E-state index in [2.05, 4.69) is 5.32 Å². The molecular formula is C11H21N3O5. The highest BCUT2D eigenvalue weighted by Crippen LogP contribution is 2.02. The van der Waals surface area contributed by atoms with Crippen LogP contribution in [0.3, 0.4) is 0 Å². The number of rotatable bonds is 8. The van der Waals surface area contributed by atoms with Crippen LogP contribution in [0, 0.1) is 0 Å². The Hall–Kier alpha value is -1.83. The number of hydrogen-bond acceptors (Lipinski definition) is 4. The Balaban J connectivity index is 4.59. The minimum Gasteiger partial charge on any atom is -0.480 e. The van der Waals surface area contributed by atoms with Crippen molar-refractivity contribution in [2.45, 2.75) is 38.8 Å². The van der Waals surface area contributed by atoms with E-state index < -0.39 is 23.9 Å². The highest BCUT2D eigenvalue weighted by atomic mass is 16.4. The van der Waals surface area contributed by atoms with Crippen molar-refractivity contribution >= 4 is 17.9 Å². The van der Waals surface area contributed by atoms with Gasteiger partial charge in [0.2, 0.25) is 5.91 Å². The summed E-state index contributed by atoms with van der Waals surface area (Å²) in [4.78, 5) is 34.8. The largest absolute Gasteiger partial charge is 0.480 e. The fraction of sp³-hybridized carbons (Fsp3) is 0.727. The fourth-order valence-corrected chi connectivity index (χ4v) is 1.48.